The van der Waals surface area contributed by atoms with Gasteiger partial charge in [0.05, 0.1) is 28.0 Å². The lowest BCUT2D eigenvalue weighted by atomic mass is 9.72. The Bertz CT molecular complexity index is 1110. The molecule has 3 nitrogen and oxygen atoms in total. The smallest absolute Gasteiger partial charge is 0.157 e. The SMILES string of the molecule is Cc1ccc([C@@H]2C(=O)[C@@H]3C[C@@H](S(=O)c4ccc(C)cc4)[C@H](N3)[C@H]2c2ccccc2)cc1. The van der Waals surface area contributed by atoms with Crippen LogP contribution in [-0.2, 0) is 15.6 Å². The summed E-state index contributed by atoms with van der Waals surface area (Å²) in [4.78, 5) is 14.5. The Labute approximate surface area is 186 Å². The summed E-state index contributed by atoms with van der Waals surface area (Å²) in [5.74, 6) is -0.0498. The molecule has 0 aliphatic carbocycles. The van der Waals surface area contributed by atoms with Crippen LogP contribution in [0.15, 0.2) is 83.8 Å². The summed E-state index contributed by atoms with van der Waals surface area (Å²) in [5, 5.41) is 3.47. The summed E-state index contributed by atoms with van der Waals surface area (Å²) in [6, 6.07) is 26.3. The zero-order valence-electron chi connectivity index (χ0n) is 17.8. The van der Waals surface area contributed by atoms with Crippen molar-refractivity contribution >= 4 is 16.6 Å². The van der Waals surface area contributed by atoms with Gasteiger partial charge in [-0.25, -0.2) is 0 Å². The van der Waals surface area contributed by atoms with Crippen molar-refractivity contribution in [2.24, 2.45) is 0 Å². The molecule has 5 rings (SSSR count). The second-order valence-electron chi connectivity index (χ2n) is 8.86. The van der Waals surface area contributed by atoms with Crippen molar-refractivity contribution in [1.29, 1.82) is 0 Å². The highest BCUT2D eigenvalue weighted by molar-refractivity contribution is 7.85. The van der Waals surface area contributed by atoms with Crippen molar-refractivity contribution in [2.45, 2.75) is 54.3 Å². The first-order chi connectivity index (χ1) is 15.0. The summed E-state index contributed by atoms with van der Waals surface area (Å²) >= 11 is 0. The highest BCUT2D eigenvalue weighted by Crippen LogP contribution is 2.47. The van der Waals surface area contributed by atoms with Gasteiger partial charge in [-0.15, -0.1) is 0 Å². The molecular weight excluding hydrogens is 402 g/mol. The number of carbonyl (C=O) groups excluding carboxylic acids is 1. The fourth-order valence-corrected chi connectivity index (χ4v) is 6.84. The minimum absolute atomic E-state index is 0.0152. The molecule has 3 aromatic rings. The van der Waals surface area contributed by atoms with Gasteiger partial charge in [-0.1, -0.05) is 77.9 Å². The summed E-state index contributed by atoms with van der Waals surface area (Å²) in [5.41, 5.74) is 4.52. The first-order valence-electron chi connectivity index (χ1n) is 10.9. The molecule has 0 amide bonds. The van der Waals surface area contributed by atoms with Crippen LogP contribution in [0.1, 0.15) is 40.5 Å². The van der Waals surface area contributed by atoms with E-state index < -0.39 is 10.8 Å². The third kappa shape index (κ3) is 3.68. The Hall–Kier alpha value is -2.56. The molecule has 0 radical (unpaired) electrons. The van der Waals surface area contributed by atoms with Gasteiger partial charge in [-0.05, 0) is 43.5 Å². The Morgan fingerprint density at radius 1 is 0.806 bits per heavy atom. The average Bonchev–Trinajstić information content (AvgIpc) is 3.18. The van der Waals surface area contributed by atoms with Crippen LogP contribution in [0.5, 0.6) is 0 Å². The van der Waals surface area contributed by atoms with Crippen molar-refractivity contribution in [3.8, 4) is 0 Å². The van der Waals surface area contributed by atoms with Crippen LogP contribution in [0.2, 0.25) is 0 Å². The van der Waals surface area contributed by atoms with E-state index in [9.17, 15) is 9.00 Å². The monoisotopic (exact) mass is 429 g/mol. The van der Waals surface area contributed by atoms with E-state index in [4.69, 9.17) is 0 Å². The van der Waals surface area contributed by atoms with Crippen molar-refractivity contribution in [2.75, 3.05) is 0 Å². The fourth-order valence-electron chi connectivity index (χ4n) is 5.21. The number of ketones is 1. The lowest BCUT2D eigenvalue weighted by Gasteiger charge is -2.38. The molecular formula is C27H27NO2S. The van der Waals surface area contributed by atoms with E-state index >= 15 is 0 Å². The Balaban J connectivity index is 1.58. The van der Waals surface area contributed by atoms with E-state index in [0.717, 1.165) is 21.6 Å². The Kier molecular flexibility index (Phi) is 5.37. The van der Waals surface area contributed by atoms with Crippen LogP contribution in [0, 0.1) is 13.8 Å². The van der Waals surface area contributed by atoms with E-state index in [1.165, 1.54) is 5.56 Å². The third-order valence-corrected chi connectivity index (χ3v) is 8.58. The molecule has 2 saturated heterocycles. The number of aryl methyl sites for hydroxylation is 2. The fraction of sp³-hybridized carbons (Fsp3) is 0.296. The number of piperidine rings is 1. The van der Waals surface area contributed by atoms with Crippen molar-refractivity contribution in [1.82, 2.24) is 5.32 Å². The molecule has 0 spiro atoms. The third-order valence-electron chi connectivity index (χ3n) is 6.81. The van der Waals surface area contributed by atoms with Gasteiger partial charge in [0, 0.05) is 16.9 Å². The number of carbonyl (C=O) groups is 1. The van der Waals surface area contributed by atoms with Crippen LogP contribution in [0.4, 0.5) is 0 Å². The van der Waals surface area contributed by atoms with Crippen LogP contribution in [0.3, 0.4) is 0 Å². The molecule has 158 valence electrons. The summed E-state index contributed by atoms with van der Waals surface area (Å²) < 4.78 is 13.6. The summed E-state index contributed by atoms with van der Waals surface area (Å²) in [6.07, 6.45) is 0.621. The summed E-state index contributed by atoms with van der Waals surface area (Å²) in [6.45, 7) is 4.10. The first kappa shape index (κ1) is 20.3. The predicted molar refractivity (Wildman–Crippen MR) is 125 cm³/mol. The number of rotatable bonds is 4. The number of Topliss-reactive ketones (excluding diaryl/α,β-unsaturated/α-hetero) is 1. The summed E-state index contributed by atoms with van der Waals surface area (Å²) in [7, 11) is -1.18. The number of hydrogen-bond donors (Lipinski definition) is 1. The minimum atomic E-state index is -1.18. The number of benzene rings is 3. The van der Waals surface area contributed by atoms with Crippen molar-refractivity contribution < 1.29 is 9.00 Å². The lowest BCUT2D eigenvalue weighted by molar-refractivity contribution is -0.124. The predicted octanol–water partition coefficient (Wildman–Crippen LogP) is 4.66. The van der Waals surface area contributed by atoms with Crippen molar-refractivity contribution in [3.63, 3.8) is 0 Å². The van der Waals surface area contributed by atoms with Crippen LogP contribution in [-0.4, -0.2) is 27.3 Å². The van der Waals surface area contributed by atoms with Crippen LogP contribution in [0.25, 0.3) is 0 Å². The van der Waals surface area contributed by atoms with Crippen LogP contribution >= 0.6 is 0 Å². The Morgan fingerprint density at radius 3 is 2.06 bits per heavy atom. The molecule has 31 heavy (non-hydrogen) atoms. The van der Waals surface area contributed by atoms with Gasteiger partial charge >= 0.3 is 0 Å². The molecule has 4 heteroatoms. The second kappa shape index (κ2) is 8.18. The molecule has 2 aliphatic heterocycles. The maximum atomic E-state index is 13.6. The standard InChI is InChI=1S/C27H27NO2S/c1-17-8-12-20(13-9-17)25-24(19-6-4-3-5-7-19)26-23(16-22(28-26)27(25)29)31(30)21-14-10-18(2)11-15-21/h3-15,22-26,28H,16H2,1-2H3/t22-,23+,24-,25-,26-,31?/m0/s1. The molecule has 3 aromatic carbocycles. The van der Waals surface area contributed by atoms with Gasteiger partial charge in [0.1, 0.15) is 0 Å². The molecule has 2 aliphatic rings. The van der Waals surface area contributed by atoms with E-state index in [0.29, 0.717) is 6.42 Å². The van der Waals surface area contributed by atoms with Gasteiger partial charge < -0.3 is 5.32 Å². The molecule has 2 heterocycles. The molecule has 1 unspecified atom stereocenters. The normalized spacial score (nSPS) is 28.5. The molecule has 2 fully saturated rings. The van der Waals surface area contributed by atoms with E-state index in [1.54, 1.807) is 0 Å². The average molecular weight is 430 g/mol. The molecule has 0 aromatic heterocycles. The molecule has 0 saturated carbocycles. The number of nitrogens with one attached hydrogen (secondary N) is 1. The van der Waals surface area contributed by atoms with E-state index in [2.05, 4.69) is 48.6 Å². The topological polar surface area (TPSA) is 46.2 Å². The quantitative estimate of drug-likeness (QED) is 0.656. The van der Waals surface area contributed by atoms with Gasteiger partial charge in [-0.2, -0.15) is 0 Å². The van der Waals surface area contributed by atoms with Gasteiger partial charge in [-0.3, -0.25) is 9.00 Å². The largest absolute Gasteiger partial charge is 0.303 e. The molecule has 6 atom stereocenters. The highest BCUT2D eigenvalue weighted by Gasteiger charge is 2.54. The zero-order chi connectivity index (χ0) is 21.5. The zero-order valence-corrected chi connectivity index (χ0v) is 18.6. The van der Waals surface area contributed by atoms with Crippen molar-refractivity contribution in [3.05, 3.63) is 101 Å². The highest BCUT2D eigenvalue weighted by atomic mass is 32.2. The number of hydrogen-bond acceptors (Lipinski definition) is 3. The van der Waals surface area contributed by atoms with E-state index in [1.807, 2.05) is 49.4 Å². The first-order valence-corrected chi connectivity index (χ1v) is 12.1. The number of fused-ring (bicyclic) bond motifs is 2. The van der Waals surface area contributed by atoms with Gasteiger partial charge in [0.2, 0.25) is 0 Å². The molecule has 1 N–H and O–H groups in total. The lowest BCUT2D eigenvalue weighted by Crippen LogP contribution is -2.51. The van der Waals surface area contributed by atoms with Gasteiger partial charge in [0.25, 0.3) is 0 Å². The minimum Gasteiger partial charge on any atom is -0.303 e. The Morgan fingerprint density at radius 2 is 1.42 bits per heavy atom. The maximum absolute atomic E-state index is 13.6. The second-order valence-corrected chi connectivity index (χ2v) is 10.5. The van der Waals surface area contributed by atoms with E-state index in [-0.39, 0.29) is 35.0 Å². The van der Waals surface area contributed by atoms with Crippen LogP contribution < -0.4 is 5.32 Å². The maximum Gasteiger partial charge on any atom is 0.157 e. The molecule has 2 bridgehead atoms. The van der Waals surface area contributed by atoms with Gasteiger partial charge in [0.15, 0.2) is 5.78 Å².